The minimum absolute atomic E-state index is 1.03. The third-order valence-electron chi connectivity index (χ3n) is 3.83. The van der Waals surface area contributed by atoms with E-state index in [2.05, 4.69) is 18.7 Å². The molecule has 1 heterocycles. The number of hydrogen-bond donors (Lipinski definition) is 0. The molecule has 92 valence electrons. The number of hydrogen-bond acceptors (Lipinski definition) is 1. The maximum atomic E-state index is 2.63. The van der Waals surface area contributed by atoms with Gasteiger partial charge < -0.3 is 4.90 Å². The zero-order valence-corrected chi connectivity index (χ0v) is 11.7. The molecule has 2 bridgehead atoms. The fourth-order valence-corrected chi connectivity index (χ4v) is 2.85. The summed E-state index contributed by atoms with van der Waals surface area (Å²) in [6.45, 7) is 16.8. The van der Waals surface area contributed by atoms with Gasteiger partial charge in [0.1, 0.15) is 0 Å². The number of likely N-dealkylation sites (tertiary alicyclic amines) is 1. The van der Waals surface area contributed by atoms with Crippen molar-refractivity contribution in [1.82, 2.24) is 4.90 Å². The molecular weight excluding hydrogens is 182 g/mol. The second-order valence-electron chi connectivity index (χ2n) is 4.31. The number of fused-ring (bicyclic) bond motifs is 2. The molecule has 2 aliphatic rings. The lowest BCUT2D eigenvalue weighted by molar-refractivity contribution is 0.124. The number of piperidine rings is 1. The molecule has 0 aromatic rings. The zero-order chi connectivity index (χ0) is 11.8. The standard InChI is InChI=1S/C10H19N.2C2H6/c1-3-11-6-9-4-5-10(7-11)8(9)2;2*1-2/h8-10H,3-7H2,1-2H3;2*1-2H3. The molecule has 1 nitrogen and oxygen atoms in total. The first-order valence-corrected chi connectivity index (χ1v) is 7.03. The highest BCUT2D eigenvalue weighted by atomic mass is 15.1. The summed E-state index contributed by atoms with van der Waals surface area (Å²) in [4.78, 5) is 2.63. The Morgan fingerprint density at radius 3 is 1.67 bits per heavy atom. The molecule has 2 rings (SSSR count). The van der Waals surface area contributed by atoms with Crippen molar-refractivity contribution in [3.8, 4) is 0 Å². The van der Waals surface area contributed by atoms with Gasteiger partial charge in [-0.3, -0.25) is 0 Å². The second kappa shape index (κ2) is 8.15. The quantitative estimate of drug-likeness (QED) is 0.635. The zero-order valence-electron chi connectivity index (χ0n) is 11.7. The predicted octanol–water partition coefficient (Wildman–Crippen LogP) is 4.04. The molecule has 0 aromatic carbocycles. The van der Waals surface area contributed by atoms with Gasteiger partial charge in [0.05, 0.1) is 0 Å². The number of nitrogens with zero attached hydrogens (tertiary/aromatic N) is 1. The smallest absolute Gasteiger partial charge is 0.00123 e. The van der Waals surface area contributed by atoms with Gasteiger partial charge in [-0.2, -0.15) is 0 Å². The summed E-state index contributed by atoms with van der Waals surface area (Å²) in [6, 6.07) is 0. The average molecular weight is 213 g/mol. The van der Waals surface area contributed by atoms with Gasteiger partial charge in [0.15, 0.2) is 0 Å². The van der Waals surface area contributed by atoms with Crippen molar-refractivity contribution >= 4 is 0 Å². The fourth-order valence-electron chi connectivity index (χ4n) is 2.85. The Morgan fingerprint density at radius 2 is 1.33 bits per heavy atom. The lowest BCUT2D eigenvalue weighted by atomic mass is 9.87. The van der Waals surface area contributed by atoms with Gasteiger partial charge in [-0.05, 0) is 37.1 Å². The van der Waals surface area contributed by atoms with E-state index in [1.807, 2.05) is 27.7 Å². The first-order chi connectivity index (χ1) is 7.31. The van der Waals surface area contributed by atoms with Crippen LogP contribution in [0.2, 0.25) is 0 Å². The van der Waals surface area contributed by atoms with Crippen LogP contribution in [0.25, 0.3) is 0 Å². The summed E-state index contributed by atoms with van der Waals surface area (Å²) in [7, 11) is 0. The van der Waals surface area contributed by atoms with Crippen LogP contribution >= 0.6 is 0 Å². The first-order valence-electron chi connectivity index (χ1n) is 7.03. The molecule has 1 aliphatic heterocycles. The third kappa shape index (κ3) is 3.79. The molecule has 0 amide bonds. The van der Waals surface area contributed by atoms with E-state index in [1.54, 1.807) is 0 Å². The highest BCUT2D eigenvalue weighted by molar-refractivity contribution is 4.90. The monoisotopic (exact) mass is 213 g/mol. The molecule has 1 saturated heterocycles. The van der Waals surface area contributed by atoms with Gasteiger partial charge >= 0.3 is 0 Å². The van der Waals surface area contributed by atoms with E-state index in [0.717, 1.165) is 17.8 Å². The third-order valence-corrected chi connectivity index (χ3v) is 3.83. The van der Waals surface area contributed by atoms with Crippen LogP contribution < -0.4 is 0 Å². The maximum Gasteiger partial charge on any atom is 0.00123 e. The van der Waals surface area contributed by atoms with Crippen LogP contribution in [0.4, 0.5) is 0 Å². The van der Waals surface area contributed by atoms with E-state index in [4.69, 9.17) is 0 Å². The van der Waals surface area contributed by atoms with Crippen molar-refractivity contribution in [2.24, 2.45) is 17.8 Å². The maximum absolute atomic E-state index is 2.63. The van der Waals surface area contributed by atoms with Gasteiger partial charge in [-0.25, -0.2) is 0 Å². The van der Waals surface area contributed by atoms with Crippen LogP contribution in [0.3, 0.4) is 0 Å². The van der Waals surface area contributed by atoms with Crippen LogP contribution in [0.15, 0.2) is 0 Å². The molecule has 15 heavy (non-hydrogen) atoms. The first kappa shape index (κ1) is 15.0. The van der Waals surface area contributed by atoms with Gasteiger partial charge in [0.2, 0.25) is 0 Å². The molecule has 2 unspecified atom stereocenters. The van der Waals surface area contributed by atoms with Crippen LogP contribution in [0.1, 0.15) is 54.4 Å². The Kier molecular flexibility index (Phi) is 8.13. The van der Waals surface area contributed by atoms with Gasteiger partial charge in [0.25, 0.3) is 0 Å². The van der Waals surface area contributed by atoms with Crippen LogP contribution in [0.5, 0.6) is 0 Å². The summed E-state index contributed by atoms with van der Waals surface area (Å²) >= 11 is 0. The predicted molar refractivity (Wildman–Crippen MR) is 70.2 cm³/mol. The van der Waals surface area contributed by atoms with E-state index in [9.17, 15) is 0 Å². The molecule has 0 spiro atoms. The SMILES string of the molecule is CC.CC.CCN1CC2CCC(C1)C2C. The van der Waals surface area contributed by atoms with Crippen LogP contribution in [-0.4, -0.2) is 24.5 Å². The van der Waals surface area contributed by atoms with Crippen molar-refractivity contribution in [3.05, 3.63) is 0 Å². The van der Waals surface area contributed by atoms with E-state index in [-0.39, 0.29) is 0 Å². The molecule has 1 saturated carbocycles. The second-order valence-corrected chi connectivity index (χ2v) is 4.31. The van der Waals surface area contributed by atoms with Crippen molar-refractivity contribution in [1.29, 1.82) is 0 Å². The highest BCUT2D eigenvalue weighted by Crippen LogP contribution is 2.41. The largest absolute Gasteiger partial charge is 0.303 e. The molecule has 2 atom stereocenters. The van der Waals surface area contributed by atoms with E-state index in [0.29, 0.717) is 0 Å². The topological polar surface area (TPSA) is 3.24 Å². The van der Waals surface area contributed by atoms with Crippen molar-refractivity contribution in [3.63, 3.8) is 0 Å². The summed E-state index contributed by atoms with van der Waals surface area (Å²) in [5.41, 5.74) is 0. The Balaban J connectivity index is 0.000000442. The Hall–Kier alpha value is -0.0400. The lowest BCUT2D eigenvalue weighted by Crippen LogP contribution is -2.40. The van der Waals surface area contributed by atoms with Gasteiger partial charge in [0, 0.05) is 13.1 Å². The summed E-state index contributed by atoms with van der Waals surface area (Å²) in [5, 5.41) is 0. The Morgan fingerprint density at radius 1 is 0.933 bits per heavy atom. The van der Waals surface area contributed by atoms with Gasteiger partial charge in [-0.1, -0.05) is 41.5 Å². The van der Waals surface area contributed by atoms with Gasteiger partial charge in [-0.15, -0.1) is 0 Å². The lowest BCUT2D eigenvalue weighted by Gasteiger charge is -2.35. The molecule has 0 N–H and O–H groups in total. The van der Waals surface area contributed by atoms with E-state index >= 15 is 0 Å². The molecule has 2 fully saturated rings. The minimum atomic E-state index is 1.03. The molecule has 0 radical (unpaired) electrons. The molecule has 1 heteroatoms. The molecular formula is C14H31N. The van der Waals surface area contributed by atoms with Crippen molar-refractivity contribution in [2.75, 3.05) is 19.6 Å². The summed E-state index contributed by atoms with van der Waals surface area (Å²) in [6.07, 6.45) is 3.00. The van der Waals surface area contributed by atoms with Crippen LogP contribution in [0, 0.1) is 17.8 Å². The summed E-state index contributed by atoms with van der Waals surface area (Å²) in [5.74, 6) is 3.10. The van der Waals surface area contributed by atoms with Crippen molar-refractivity contribution in [2.45, 2.75) is 54.4 Å². The highest BCUT2D eigenvalue weighted by Gasteiger charge is 2.38. The fraction of sp³-hybridized carbons (Fsp3) is 1.00. The minimum Gasteiger partial charge on any atom is -0.303 e. The Labute approximate surface area is 97.2 Å². The van der Waals surface area contributed by atoms with Crippen molar-refractivity contribution < 1.29 is 0 Å². The Bertz CT molecular complexity index is 130. The van der Waals surface area contributed by atoms with Crippen LogP contribution in [-0.2, 0) is 0 Å². The molecule has 0 aromatic heterocycles. The average Bonchev–Trinajstić information content (AvgIpc) is 2.57. The normalized spacial score (nSPS) is 33.6. The van der Waals surface area contributed by atoms with E-state index in [1.165, 1.54) is 32.5 Å². The number of rotatable bonds is 1. The van der Waals surface area contributed by atoms with E-state index < -0.39 is 0 Å². The summed E-state index contributed by atoms with van der Waals surface area (Å²) < 4.78 is 0. The molecule has 1 aliphatic carbocycles.